The third-order valence-corrected chi connectivity index (χ3v) is 3.46. The first kappa shape index (κ1) is 18.9. The number of hydrogen-bond acceptors (Lipinski definition) is 4. The van der Waals surface area contributed by atoms with Gasteiger partial charge in [-0.2, -0.15) is 0 Å². The van der Waals surface area contributed by atoms with Crippen molar-refractivity contribution in [3.05, 3.63) is 32.9 Å². The number of hydrogen-bond donors (Lipinski definition) is 0. The molecule has 0 saturated carbocycles. The number of halogens is 1. The Kier molecular flexibility index (Phi) is 7.32. The number of carbonyl (C=O) groups excluding carboxylic acids is 2. The average molecular weight is 418 g/mol. The summed E-state index contributed by atoms with van der Waals surface area (Å²) in [5.41, 5.74) is 0.396. The van der Waals surface area contributed by atoms with Crippen LogP contribution in [0.3, 0.4) is 0 Å². The van der Waals surface area contributed by atoms with E-state index in [-0.39, 0.29) is 16.5 Å². The molecule has 1 aromatic carbocycles. The van der Waals surface area contributed by atoms with Gasteiger partial charge in [-0.15, -0.1) is 0 Å². The zero-order valence-corrected chi connectivity index (χ0v) is 15.7. The lowest BCUT2D eigenvalue weighted by Gasteiger charge is -2.18. The molecule has 0 bridgehead atoms. The molecule has 22 heavy (non-hydrogen) atoms. The van der Waals surface area contributed by atoms with E-state index in [1.54, 1.807) is 18.2 Å². The van der Waals surface area contributed by atoms with Gasteiger partial charge in [-0.25, -0.2) is 9.59 Å². The van der Waals surface area contributed by atoms with Crippen LogP contribution < -0.4 is 0 Å². The lowest BCUT2D eigenvalue weighted by molar-refractivity contribution is 0.0352. The van der Waals surface area contributed by atoms with Crippen molar-refractivity contribution in [2.75, 3.05) is 13.2 Å². The Bertz CT molecular complexity index is 532. The van der Waals surface area contributed by atoms with Crippen molar-refractivity contribution in [3.8, 4) is 0 Å². The lowest BCUT2D eigenvalue weighted by Crippen LogP contribution is -2.20. The van der Waals surface area contributed by atoms with Gasteiger partial charge in [0.15, 0.2) is 0 Å². The zero-order valence-electron chi connectivity index (χ0n) is 13.6. The van der Waals surface area contributed by atoms with E-state index in [1.807, 2.05) is 27.7 Å². The minimum Gasteiger partial charge on any atom is -0.462 e. The van der Waals surface area contributed by atoms with Crippen LogP contribution in [0.2, 0.25) is 0 Å². The molecular formula is C17H23IO4. The normalized spacial score (nSPS) is 11.1. The van der Waals surface area contributed by atoms with Crippen molar-refractivity contribution in [1.82, 2.24) is 0 Å². The molecule has 0 radical (unpaired) electrons. The third-order valence-electron chi connectivity index (χ3n) is 2.79. The lowest BCUT2D eigenvalue weighted by atomic mass is 9.98. The van der Waals surface area contributed by atoms with E-state index in [0.717, 1.165) is 16.4 Å². The summed E-state index contributed by atoms with van der Waals surface area (Å²) in [5, 5.41) is 0. The van der Waals surface area contributed by atoms with Crippen LogP contribution in [0.1, 0.15) is 61.3 Å². The molecule has 0 aliphatic carbocycles. The van der Waals surface area contributed by atoms with Crippen molar-refractivity contribution in [3.63, 3.8) is 0 Å². The van der Waals surface area contributed by atoms with Crippen molar-refractivity contribution in [2.45, 2.75) is 40.5 Å². The van der Waals surface area contributed by atoms with Crippen LogP contribution in [0.15, 0.2) is 18.2 Å². The minimum absolute atomic E-state index is 0.126. The van der Waals surface area contributed by atoms with E-state index in [1.165, 1.54) is 0 Å². The molecule has 0 heterocycles. The Morgan fingerprint density at radius 2 is 1.73 bits per heavy atom. The van der Waals surface area contributed by atoms with Crippen LogP contribution in [0.5, 0.6) is 0 Å². The Morgan fingerprint density at radius 1 is 1.09 bits per heavy atom. The second-order valence-electron chi connectivity index (χ2n) is 6.32. The van der Waals surface area contributed by atoms with Crippen molar-refractivity contribution < 1.29 is 19.1 Å². The van der Waals surface area contributed by atoms with Gasteiger partial charge in [0.25, 0.3) is 0 Å². The second-order valence-corrected chi connectivity index (χ2v) is 7.56. The van der Waals surface area contributed by atoms with E-state index in [4.69, 9.17) is 9.47 Å². The number of benzene rings is 1. The van der Waals surface area contributed by atoms with Crippen LogP contribution >= 0.6 is 22.6 Å². The molecule has 0 aromatic heterocycles. The van der Waals surface area contributed by atoms with E-state index < -0.39 is 11.9 Å². The predicted octanol–water partition coefficient (Wildman–Crippen LogP) is 4.45. The Morgan fingerprint density at radius 3 is 2.32 bits per heavy atom. The number of esters is 2. The molecular weight excluding hydrogens is 395 g/mol. The van der Waals surface area contributed by atoms with Gasteiger partial charge < -0.3 is 9.47 Å². The van der Waals surface area contributed by atoms with Gasteiger partial charge in [0.1, 0.15) is 0 Å². The summed E-state index contributed by atoms with van der Waals surface area (Å²) in [6.07, 6.45) is 1.75. The van der Waals surface area contributed by atoms with Crippen LogP contribution in [0.4, 0.5) is 0 Å². The molecule has 0 amide bonds. The van der Waals surface area contributed by atoms with E-state index in [0.29, 0.717) is 13.2 Å². The highest BCUT2D eigenvalue weighted by Gasteiger charge is 2.22. The molecule has 0 aliphatic heterocycles. The Labute approximate surface area is 145 Å². The summed E-state index contributed by atoms with van der Waals surface area (Å²) in [4.78, 5) is 24.4. The molecule has 122 valence electrons. The summed E-state index contributed by atoms with van der Waals surface area (Å²) < 4.78 is 11.4. The second kappa shape index (κ2) is 8.50. The van der Waals surface area contributed by atoms with E-state index in [2.05, 4.69) is 22.6 Å². The van der Waals surface area contributed by atoms with Gasteiger partial charge in [-0.3, -0.25) is 0 Å². The molecule has 0 fully saturated rings. The molecule has 1 rings (SSSR count). The maximum Gasteiger partial charge on any atom is 0.339 e. The van der Waals surface area contributed by atoms with Crippen molar-refractivity contribution in [1.29, 1.82) is 0 Å². The number of unbranched alkanes of at least 4 members (excludes halogenated alkanes) is 1. The number of ether oxygens (including phenoxy) is 2. The highest BCUT2D eigenvalue weighted by molar-refractivity contribution is 14.1. The topological polar surface area (TPSA) is 52.6 Å². The summed E-state index contributed by atoms with van der Waals surface area (Å²) in [7, 11) is 0. The van der Waals surface area contributed by atoms with E-state index in [9.17, 15) is 9.59 Å². The molecule has 0 saturated heterocycles. The first-order valence-electron chi connectivity index (χ1n) is 7.38. The van der Waals surface area contributed by atoms with Crippen LogP contribution in [-0.4, -0.2) is 25.2 Å². The summed E-state index contributed by atoms with van der Waals surface area (Å²) >= 11 is 2.10. The zero-order chi connectivity index (χ0) is 16.8. The standard InChI is InChI=1S/C17H23IO4/c1-5-6-9-21-15(19)13-8-7-12(18)10-14(13)16(20)22-11-17(2,3)4/h7-8,10H,5-6,9,11H2,1-4H3. The monoisotopic (exact) mass is 418 g/mol. The molecule has 0 atom stereocenters. The molecule has 0 unspecified atom stereocenters. The van der Waals surface area contributed by atoms with Gasteiger partial charge in [0.05, 0.1) is 24.3 Å². The van der Waals surface area contributed by atoms with Gasteiger partial charge in [0.2, 0.25) is 0 Å². The molecule has 0 aliphatic rings. The minimum atomic E-state index is -0.490. The predicted molar refractivity (Wildman–Crippen MR) is 94.1 cm³/mol. The van der Waals surface area contributed by atoms with Gasteiger partial charge >= 0.3 is 11.9 Å². The molecule has 4 nitrogen and oxygen atoms in total. The number of rotatable bonds is 6. The Balaban J connectivity index is 2.90. The largest absolute Gasteiger partial charge is 0.462 e. The first-order valence-corrected chi connectivity index (χ1v) is 8.46. The van der Waals surface area contributed by atoms with Gasteiger partial charge in [-0.1, -0.05) is 34.1 Å². The molecule has 5 heteroatoms. The Hall–Kier alpha value is -1.11. The molecule has 0 spiro atoms. The van der Waals surface area contributed by atoms with E-state index >= 15 is 0 Å². The van der Waals surface area contributed by atoms with Crippen molar-refractivity contribution in [2.24, 2.45) is 5.41 Å². The summed E-state index contributed by atoms with van der Waals surface area (Å²) in [6.45, 7) is 8.62. The molecule has 1 aromatic rings. The quantitative estimate of drug-likeness (QED) is 0.389. The molecule has 0 N–H and O–H groups in total. The fraction of sp³-hybridized carbons (Fsp3) is 0.529. The highest BCUT2D eigenvalue weighted by Crippen LogP contribution is 2.19. The fourth-order valence-corrected chi connectivity index (χ4v) is 2.10. The highest BCUT2D eigenvalue weighted by atomic mass is 127. The van der Waals surface area contributed by atoms with Crippen LogP contribution in [-0.2, 0) is 9.47 Å². The summed E-state index contributed by atoms with van der Waals surface area (Å²) in [5.74, 6) is -0.969. The SMILES string of the molecule is CCCCOC(=O)c1ccc(I)cc1C(=O)OCC(C)(C)C. The smallest absolute Gasteiger partial charge is 0.339 e. The van der Waals surface area contributed by atoms with Gasteiger partial charge in [-0.05, 0) is 52.6 Å². The van der Waals surface area contributed by atoms with Gasteiger partial charge in [0, 0.05) is 3.57 Å². The maximum absolute atomic E-state index is 12.3. The average Bonchev–Trinajstić information content (AvgIpc) is 2.44. The third kappa shape index (κ3) is 6.34. The van der Waals surface area contributed by atoms with Crippen LogP contribution in [0.25, 0.3) is 0 Å². The summed E-state index contributed by atoms with van der Waals surface area (Å²) in [6, 6.07) is 5.04. The van der Waals surface area contributed by atoms with Crippen LogP contribution in [0, 0.1) is 8.99 Å². The number of carbonyl (C=O) groups is 2. The van der Waals surface area contributed by atoms with Crippen molar-refractivity contribution >= 4 is 34.5 Å². The first-order chi connectivity index (χ1) is 10.2. The fourth-order valence-electron chi connectivity index (χ4n) is 1.61. The maximum atomic E-state index is 12.3.